The Morgan fingerprint density at radius 1 is 1.09 bits per heavy atom. The lowest BCUT2D eigenvalue weighted by Crippen LogP contribution is -2.35. The lowest BCUT2D eigenvalue weighted by Gasteiger charge is -2.37. The van der Waals surface area contributed by atoms with Crippen LogP contribution in [0.2, 0.25) is 0 Å². The number of nitrogens with zero attached hydrogens (tertiary/aromatic N) is 4. The van der Waals surface area contributed by atoms with Crippen molar-refractivity contribution in [3.63, 3.8) is 0 Å². The molecule has 0 bridgehead atoms. The molecular formula is C24H24N4O3S. The van der Waals surface area contributed by atoms with Gasteiger partial charge >= 0.3 is 0 Å². The summed E-state index contributed by atoms with van der Waals surface area (Å²) in [5, 5.41) is 5.43. The van der Waals surface area contributed by atoms with E-state index in [1.807, 2.05) is 13.0 Å². The van der Waals surface area contributed by atoms with E-state index in [1.165, 1.54) is 38.6 Å². The highest BCUT2D eigenvalue weighted by Crippen LogP contribution is 2.41. The Hall–Kier alpha value is -3.23. The van der Waals surface area contributed by atoms with Gasteiger partial charge in [-0.2, -0.15) is 9.61 Å². The molecule has 32 heavy (non-hydrogen) atoms. The average Bonchev–Trinajstić information content (AvgIpc) is 3.21. The highest BCUT2D eigenvalue weighted by atomic mass is 32.1. The normalized spacial score (nSPS) is 16.2. The minimum atomic E-state index is -0.143. The molecule has 8 heteroatoms. The minimum Gasteiger partial charge on any atom is -0.493 e. The SMILES string of the molecule is COc1cc2c(cc1OC)C(c1ccccc1)N(Cc1nn3c(=O)cc(C)nc3s1)CC2. The second-order valence-electron chi connectivity index (χ2n) is 7.87. The fourth-order valence-corrected chi connectivity index (χ4v) is 5.36. The van der Waals surface area contributed by atoms with Crippen LogP contribution in [0.25, 0.3) is 4.96 Å². The molecule has 4 aromatic rings. The highest BCUT2D eigenvalue weighted by molar-refractivity contribution is 7.16. The number of ether oxygens (including phenoxy) is 2. The first-order valence-corrected chi connectivity index (χ1v) is 11.3. The van der Waals surface area contributed by atoms with Crippen LogP contribution in [0.3, 0.4) is 0 Å². The molecule has 5 rings (SSSR count). The summed E-state index contributed by atoms with van der Waals surface area (Å²) in [6, 6.07) is 16.2. The zero-order valence-corrected chi connectivity index (χ0v) is 19.1. The maximum atomic E-state index is 12.3. The van der Waals surface area contributed by atoms with Gasteiger partial charge in [0.15, 0.2) is 11.5 Å². The Morgan fingerprint density at radius 2 is 1.84 bits per heavy atom. The molecule has 0 fully saturated rings. The van der Waals surface area contributed by atoms with Gasteiger partial charge in [-0.25, -0.2) is 4.98 Å². The molecule has 0 radical (unpaired) electrons. The van der Waals surface area contributed by atoms with E-state index < -0.39 is 0 Å². The number of rotatable bonds is 5. The number of benzene rings is 2. The smallest absolute Gasteiger partial charge is 0.275 e. The number of hydrogen-bond donors (Lipinski definition) is 0. The molecule has 7 nitrogen and oxygen atoms in total. The van der Waals surface area contributed by atoms with Crippen LogP contribution in [0, 0.1) is 6.92 Å². The summed E-state index contributed by atoms with van der Waals surface area (Å²) >= 11 is 1.47. The van der Waals surface area contributed by atoms with Gasteiger partial charge in [0, 0.05) is 18.3 Å². The molecule has 0 saturated carbocycles. The average molecular weight is 449 g/mol. The number of aromatic nitrogens is 3. The molecule has 0 saturated heterocycles. The van der Waals surface area contributed by atoms with Gasteiger partial charge in [-0.3, -0.25) is 9.69 Å². The van der Waals surface area contributed by atoms with Gasteiger partial charge in [0.25, 0.3) is 5.56 Å². The molecule has 0 aliphatic carbocycles. The largest absolute Gasteiger partial charge is 0.493 e. The van der Waals surface area contributed by atoms with Gasteiger partial charge < -0.3 is 9.47 Å². The van der Waals surface area contributed by atoms with Crippen LogP contribution in [0.4, 0.5) is 0 Å². The molecule has 1 unspecified atom stereocenters. The highest BCUT2D eigenvalue weighted by Gasteiger charge is 2.31. The fraction of sp³-hybridized carbons (Fsp3) is 0.292. The molecule has 164 valence electrons. The number of methoxy groups -OCH3 is 2. The Balaban J connectivity index is 1.58. The van der Waals surface area contributed by atoms with Crippen LogP contribution in [0.5, 0.6) is 11.5 Å². The molecule has 2 aromatic heterocycles. The standard InChI is InChI=1S/C24H24N4O3S/c1-15-11-22(29)28-24(25-15)32-21(26-28)14-27-10-9-17-12-19(30-2)20(31-3)13-18(17)23(27)16-7-5-4-6-8-16/h4-8,11-13,23H,9-10,14H2,1-3H3. The predicted octanol–water partition coefficient (Wildman–Crippen LogP) is 3.62. The molecule has 0 N–H and O–H groups in total. The monoisotopic (exact) mass is 448 g/mol. The Bertz CT molecular complexity index is 1330. The summed E-state index contributed by atoms with van der Waals surface area (Å²) in [4.78, 5) is 19.8. The molecule has 3 heterocycles. The maximum absolute atomic E-state index is 12.3. The van der Waals surface area contributed by atoms with E-state index in [0.717, 1.165) is 29.5 Å². The van der Waals surface area contributed by atoms with Crippen molar-refractivity contribution in [2.75, 3.05) is 20.8 Å². The van der Waals surface area contributed by atoms with Gasteiger partial charge in [-0.15, -0.1) is 0 Å². The predicted molar refractivity (Wildman–Crippen MR) is 124 cm³/mol. The van der Waals surface area contributed by atoms with Crippen LogP contribution in [0.1, 0.15) is 33.4 Å². The Kier molecular flexibility index (Phi) is 5.40. The van der Waals surface area contributed by atoms with Crippen molar-refractivity contribution in [2.45, 2.75) is 25.9 Å². The molecule has 1 aliphatic rings. The van der Waals surface area contributed by atoms with E-state index in [1.54, 1.807) is 14.2 Å². The topological polar surface area (TPSA) is 69.0 Å². The van der Waals surface area contributed by atoms with Crippen LogP contribution in [0.15, 0.2) is 53.3 Å². The molecule has 1 aliphatic heterocycles. The van der Waals surface area contributed by atoms with E-state index >= 15 is 0 Å². The van der Waals surface area contributed by atoms with Gasteiger partial charge in [0.2, 0.25) is 4.96 Å². The zero-order chi connectivity index (χ0) is 22.2. The number of hydrogen-bond acceptors (Lipinski definition) is 7. The van der Waals surface area contributed by atoms with Gasteiger partial charge in [-0.1, -0.05) is 41.7 Å². The van der Waals surface area contributed by atoms with Crippen LogP contribution in [-0.4, -0.2) is 40.3 Å². The fourth-order valence-electron chi connectivity index (χ4n) is 4.39. The summed E-state index contributed by atoms with van der Waals surface area (Å²) in [5.41, 5.74) is 4.22. The third kappa shape index (κ3) is 3.65. The van der Waals surface area contributed by atoms with Crippen molar-refractivity contribution in [2.24, 2.45) is 0 Å². The van der Waals surface area contributed by atoms with Crippen LogP contribution >= 0.6 is 11.3 Å². The van der Waals surface area contributed by atoms with Gasteiger partial charge in [0.05, 0.1) is 26.8 Å². The summed E-state index contributed by atoms with van der Waals surface area (Å²) in [5.74, 6) is 1.47. The first kappa shape index (κ1) is 20.7. The summed E-state index contributed by atoms with van der Waals surface area (Å²) in [7, 11) is 3.33. The summed E-state index contributed by atoms with van der Waals surface area (Å²) in [6.07, 6.45) is 0.890. The first-order valence-electron chi connectivity index (χ1n) is 10.5. The Morgan fingerprint density at radius 3 is 2.59 bits per heavy atom. The third-order valence-corrected chi connectivity index (χ3v) is 6.74. The quantitative estimate of drug-likeness (QED) is 0.465. The van der Waals surface area contributed by atoms with Crippen molar-refractivity contribution in [3.05, 3.63) is 86.3 Å². The number of fused-ring (bicyclic) bond motifs is 2. The molecule has 2 aromatic carbocycles. The molecule has 0 amide bonds. The lowest BCUT2D eigenvalue weighted by molar-refractivity contribution is 0.202. The van der Waals surface area contributed by atoms with E-state index in [-0.39, 0.29) is 11.6 Å². The second-order valence-corrected chi connectivity index (χ2v) is 8.91. The second kappa shape index (κ2) is 8.37. The molecular weight excluding hydrogens is 424 g/mol. The van der Waals surface area contributed by atoms with Crippen molar-refractivity contribution in [1.29, 1.82) is 0 Å². The van der Waals surface area contributed by atoms with Crippen molar-refractivity contribution >= 4 is 16.3 Å². The van der Waals surface area contributed by atoms with E-state index in [0.29, 0.717) is 17.2 Å². The van der Waals surface area contributed by atoms with Crippen molar-refractivity contribution < 1.29 is 9.47 Å². The van der Waals surface area contributed by atoms with Gasteiger partial charge in [-0.05, 0) is 42.2 Å². The summed E-state index contributed by atoms with van der Waals surface area (Å²) in [6.45, 7) is 3.31. The third-order valence-electron chi connectivity index (χ3n) is 5.84. The minimum absolute atomic E-state index is 0.0400. The van der Waals surface area contributed by atoms with Crippen molar-refractivity contribution in [3.8, 4) is 11.5 Å². The molecule has 0 spiro atoms. The lowest BCUT2D eigenvalue weighted by atomic mass is 9.87. The number of aryl methyl sites for hydroxylation is 1. The van der Waals surface area contributed by atoms with E-state index in [9.17, 15) is 4.79 Å². The first-order chi connectivity index (χ1) is 15.6. The van der Waals surface area contributed by atoms with Crippen molar-refractivity contribution in [1.82, 2.24) is 19.5 Å². The van der Waals surface area contributed by atoms with E-state index in [2.05, 4.69) is 51.4 Å². The molecule has 1 atom stereocenters. The van der Waals surface area contributed by atoms with Crippen LogP contribution in [-0.2, 0) is 13.0 Å². The van der Waals surface area contributed by atoms with Gasteiger partial charge in [0.1, 0.15) is 5.01 Å². The van der Waals surface area contributed by atoms with Crippen LogP contribution < -0.4 is 15.0 Å². The zero-order valence-electron chi connectivity index (χ0n) is 18.2. The Labute approximate surface area is 189 Å². The maximum Gasteiger partial charge on any atom is 0.275 e. The summed E-state index contributed by atoms with van der Waals surface area (Å²) < 4.78 is 12.5. The van der Waals surface area contributed by atoms with E-state index in [4.69, 9.17) is 9.47 Å².